The second kappa shape index (κ2) is 5.43. The van der Waals surface area contributed by atoms with E-state index in [4.69, 9.17) is 4.74 Å². The van der Waals surface area contributed by atoms with Crippen LogP contribution in [0.25, 0.3) is 0 Å². The number of benzene rings is 1. The largest absolute Gasteiger partial charge is 0.388 e. The molecule has 0 aromatic heterocycles. The van der Waals surface area contributed by atoms with Crippen molar-refractivity contribution in [2.45, 2.75) is 25.9 Å². The highest BCUT2D eigenvalue weighted by Gasteiger charge is 2.25. The summed E-state index contributed by atoms with van der Waals surface area (Å²) in [6.07, 6.45) is 1.15. The van der Waals surface area contributed by atoms with Gasteiger partial charge in [-0.05, 0) is 31.2 Å². The van der Waals surface area contributed by atoms with Gasteiger partial charge in [0.15, 0.2) is 5.78 Å². The number of hydrogen-bond donors (Lipinski definition) is 1. The summed E-state index contributed by atoms with van der Waals surface area (Å²) in [6.45, 7) is 2.93. The molecule has 1 fully saturated rings. The Morgan fingerprint density at radius 2 is 2.00 bits per heavy atom. The molecule has 1 atom stereocenters. The van der Waals surface area contributed by atoms with E-state index in [1.54, 1.807) is 6.07 Å². The molecule has 1 aliphatic heterocycles. The van der Waals surface area contributed by atoms with Gasteiger partial charge in [-0.1, -0.05) is 24.3 Å². The zero-order valence-electron chi connectivity index (χ0n) is 10.1. The van der Waals surface area contributed by atoms with Crippen molar-refractivity contribution in [2.75, 3.05) is 13.2 Å². The van der Waals surface area contributed by atoms with Crippen molar-refractivity contribution in [2.24, 2.45) is 5.92 Å². The first-order valence-electron chi connectivity index (χ1n) is 6.06. The van der Waals surface area contributed by atoms with Crippen molar-refractivity contribution in [3.63, 3.8) is 0 Å². The minimum absolute atomic E-state index is 0.00621. The molecule has 0 spiro atoms. The second-order valence-electron chi connectivity index (χ2n) is 4.54. The molecular weight excluding hydrogens is 216 g/mol. The van der Waals surface area contributed by atoms with Gasteiger partial charge in [0, 0.05) is 18.8 Å². The van der Waals surface area contributed by atoms with Crippen molar-refractivity contribution in [3.8, 4) is 0 Å². The zero-order chi connectivity index (χ0) is 12.3. The lowest BCUT2D eigenvalue weighted by Gasteiger charge is -2.27. The molecule has 1 N–H and O–H groups in total. The van der Waals surface area contributed by atoms with Crippen molar-refractivity contribution in [1.82, 2.24) is 0 Å². The summed E-state index contributed by atoms with van der Waals surface area (Å²) in [6, 6.07) is 7.32. The molecule has 0 saturated carbocycles. The number of rotatable bonds is 3. The fraction of sp³-hybridized carbons (Fsp3) is 0.500. The first-order chi connectivity index (χ1) is 8.20. The van der Waals surface area contributed by atoms with Gasteiger partial charge in [0.05, 0.1) is 6.10 Å². The number of aliphatic hydroxyl groups excluding tert-OH is 1. The molecule has 2 rings (SSSR count). The van der Waals surface area contributed by atoms with E-state index in [1.807, 2.05) is 18.2 Å². The molecule has 3 heteroatoms. The third-order valence-corrected chi connectivity index (χ3v) is 3.37. The quantitative estimate of drug-likeness (QED) is 0.817. The lowest BCUT2D eigenvalue weighted by Crippen LogP contribution is -2.23. The summed E-state index contributed by atoms with van der Waals surface area (Å²) in [5.74, 6) is 0.205. The van der Waals surface area contributed by atoms with Crippen molar-refractivity contribution in [3.05, 3.63) is 35.4 Å². The maximum absolute atomic E-state index is 11.5. The Kier molecular flexibility index (Phi) is 3.92. The van der Waals surface area contributed by atoms with Gasteiger partial charge in [0.25, 0.3) is 0 Å². The Balaban J connectivity index is 2.23. The van der Waals surface area contributed by atoms with Crippen LogP contribution in [0.1, 0.15) is 41.8 Å². The monoisotopic (exact) mass is 234 g/mol. The van der Waals surface area contributed by atoms with Crippen LogP contribution in [-0.4, -0.2) is 24.1 Å². The van der Waals surface area contributed by atoms with Gasteiger partial charge in [0.1, 0.15) is 0 Å². The molecule has 3 nitrogen and oxygen atoms in total. The average Bonchev–Trinajstić information content (AvgIpc) is 2.39. The Hall–Kier alpha value is -1.19. The van der Waals surface area contributed by atoms with Gasteiger partial charge < -0.3 is 9.84 Å². The molecule has 0 bridgehead atoms. The van der Waals surface area contributed by atoms with Crippen LogP contribution in [0.4, 0.5) is 0 Å². The van der Waals surface area contributed by atoms with E-state index in [1.165, 1.54) is 6.92 Å². The van der Waals surface area contributed by atoms with Crippen LogP contribution in [-0.2, 0) is 4.74 Å². The molecule has 92 valence electrons. The third-order valence-electron chi connectivity index (χ3n) is 3.37. The van der Waals surface area contributed by atoms with Crippen LogP contribution in [0.3, 0.4) is 0 Å². The number of carbonyl (C=O) groups excluding carboxylic acids is 1. The van der Waals surface area contributed by atoms with Gasteiger partial charge >= 0.3 is 0 Å². The van der Waals surface area contributed by atoms with Crippen LogP contribution >= 0.6 is 0 Å². The molecule has 0 amide bonds. The topological polar surface area (TPSA) is 46.5 Å². The third kappa shape index (κ3) is 2.73. The van der Waals surface area contributed by atoms with Crippen LogP contribution in [0.15, 0.2) is 24.3 Å². The summed E-state index contributed by atoms with van der Waals surface area (Å²) in [4.78, 5) is 11.5. The van der Waals surface area contributed by atoms with Gasteiger partial charge in [-0.2, -0.15) is 0 Å². The summed E-state index contributed by atoms with van der Waals surface area (Å²) < 4.78 is 5.29. The highest BCUT2D eigenvalue weighted by atomic mass is 16.5. The number of ketones is 1. The molecule has 1 saturated heterocycles. The summed E-state index contributed by atoms with van der Waals surface area (Å²) in [7, 11) is 0. The van der Waals surface area contributed by atoms with E-state index in [9.17, 15) is 9.90 Å². The van der Waals surface area contributed by atoms with Gasteiger partial charge in [0.2, 0.25) is 0 Å². The first kappa shape index (κ1) is 12.3. The first-order valence-corrected chi connectivity index (χ1v) is 6.06. The van der Waals surface area contributed by atoms with Crippen LogP contribution in [0.2, 0.25) is 0 Å². The highest BCUT2D eigenvalue weighted by Crippen LogP contribution is 2.31. The molecule has 0 radical (unpaired) electrons. The lowest BCUT2D eigenvalue weighted by atomic mass is 9.86. The number of aliphatic hydroxyl groups is 1. The Bertz CT molecular complexity index is 394. The van der Waals surface area contributed by atoms with E-state index >= 15 is 0 Å². The zero-order valence-corrected chi connectivity index (χ0v) is 10.1. The fourth-order valence-electron chi connectivity index (χ4n) is 2.36. The van der Waals surface area contributed by atoms with Crippen molar-refractivity contribution >= 4 is 5.78 Å². The number of carbonyl (C=O) groups is 1. The highest BCUT2D eigenvalue weighted by molar-refractivity contribution is 5.95. The molecular formula is C14H18O3. The predicted octanol–water partition coefficient (Wildman–Crippen LogP) is 2.35. The van der Waals surface area contributed by atoms with Crippen LogP contribution in [0.5, 0.6) is 0 Å². The number of hydrogen-bond acceptors (Lipinski definition) is 3. The van der Waals surface area contributed by atoms with E-state index in [0.29, 0.717) is 18.8 Å². The lowest BCUT2D eigenvalue weighted by molar-refractivity contribution is 0.00692. The maximum Gasteiger partial charge on any atom is 0.160 e. The minimum atomic E-state index is -0.556. The molecule has 1 aromatic carbocycles. The number of Topliss-reactive ketones (excluding diaryl/α,β-unsaturated/α-hetero) is 1. The van der Waals surface area contributed by atoms with Crippen LogP contribution < -0.4 is 0 Å². The fourth-order valence-corrected chi connectivity index (χ4v) is 2.36. The summed E-state index contributed by atoms with van der Waals surface area (Å²) in [5, 5.41) is 10.4. The normalized spacial score (nSPS) is 18.9. The van der Waals surface area contributed by atoms with E-state index in [-0.39, 0.29) is 11.7 Å². The molecule has 1 aromatic rings. The standard InChI is InChI=1S/C14H18O3/c1-10(15)12-4-2-3-5-13(12)14(16)11-6-8-17-9-7-11/h2-5,11,14,16H,6-9H2,1H3. The van der Waals surface area contributed by atoms with Crippen molar-refractivity contribution in [1.29, 1.82) is 0 Å². The SMILES string of the molecule is CC(=O)c1ccccc1C(O)C1CCOCC1. The molecule has 1 aliphatic rings. The van der Waals surface area contributed by atoms with Gasteiger partial charge in [-0.15, -0.1) is 0 Å². The van der Waals surface area contributed by atoms with Gasteiger partial charge in [-0.25, -0.2) is 0 Å². The molecule has 1 heterocycles. The average molecular weight is 234 g/mol. The smallest absolute Gasteiger partial charge is 0.160 e. The Labute approximate surface area is 101 Å². The second-order valence-corrected chi connectivity index (χ2v) is 4.54. The molecule has 0 aliphatic carbocycles. The maximum atomic E-state index is 11.5. The summed E-state index contributed by atoms with van der Waals surface area (Å²) >= 11 is 0. The predicted molar refractivity (Wildman–Crippen MR) is 64.9 cm³/mol. The number of ether oxygens (including phenoxy) is 1. The molecule has 1 unspecified atom stereocenters. The Morgan fingerprint density at radius 1 is 1.35 bits per heavy atom. The van der Waals surface area contributed by atoms with Crippen LogP contribution in [0, 0.1) is 5.92 Å². The summed E-state index contributed by atoms with van der Waals surface area (Å²) in [5.41, 5.74) is 1.39. The van der Waals surface area contributed by atoms with Crippen molar-refractivity contribution < 1.29 is 14.6 Å². The van der Waals surface area contributed by atoms with Gasteiger partial charge in [-0.3, -0.25) is 4.79 Å². The van der Waals surface area contributed by atoms with E-state index < -0.39 is 6.10 Å². The van der Waals surface area contributed by atoms with E-state index in [2.05, 4.69) is 0 Å². The Morgan fingerprint density at radius 3 is 2.65 bits per heavy atom. The minimum Gasteiger partial charge on any atom is -0.388 e. The molecule has 17 heavy (non-hydrogen) atoms. The van der Waals surface area contributed by atoms with E-state index in [0.717, 1.165) is 18.4 Å².